The molecule has 1 aromatic heterocycles. The Kier molecular flexibility index (Phi) is 9.02. The van der Waals surface area contributed by atoms with E-state index in [-0.39, 0.29) is 23.8 Å². The predicted octanol–water partition coefficient (Wildman–Crippen LogP) is 6.40. The monoisotopic (exact) mass is 532 g/mol. The van der Waals surface area contributed by atoms with E-state index in [9.17, 15) is 14.9 Å². The van der Waals surface area contributed by atoms with Gasteiger partial charge in [0.25, 0.3) is 5.91 Å². The zero-order valence-corrected chi connectivity index (χ0v) is 21.5. The molecule has 202 valence electrons. The third-order valence-electron chi connectivity index (χ3n) is 5.44. The number of hydrogen-bond acceptors (Lipinski definition) is 8. The van der Waals surface area contributed by atoms with Crippen molar-refractivity contribution in [2.75, 3.05) is 18.5 Å². The summed E-state index contributed by atoms with van der Waals surface area (Å²) in [5.74, 6) is 2.10. The molecule has 0 saturated carbocycles. The Morgan fingerprint density at radius 1 is 0.821 bits per heavy atom. The number of nitrogens with zero attached hydrogens (tertiary/aromatic N) is 1. The van der Waals surface area contributed by atoms with Gasteiger partial charge >= 0.3 is 5.69 Å². The van der Waals surface area contributed by atoms with Crippen molar-refractivity contribution in [3.8, 4) is 23.0 Å². The number of hydrogen-bond donors (Lipinski definition) is 1. The summed E-state index contributed by atoms with van der Waals surface area (Å²) in [5, 5.41) is 13.9. The second kappa shape index (κ2) is 13.0. The Morgan fingerprint density at radius 3 is 2.31 bits per heavy atom. The first-order chi connectivity index (χ1) is 19.0. The molecular weight excluding hydrogens is 504 g/mol. The number of nitro benzene ring substituents is 1. The average molecular weight is 533 g/mol. The molecule has 0 aliphatic rings. The number of carbonyl (C=O) groups is 1. The van der Waals surface area contributed by atoms with Crippen LogP contribution in [0.4, 0.5) is 11.4 Å². The first kappa shape index (κ1) is 27.1. The highest BCUT2D eigenvalue weighted by atomic mass is 16.6. The van der Waals surface area contributed by atoms with Crippen LogP contribution in [0.3, 0.4) is 0 Å². The summed E-state index contributed by atoms with van der Waals surface area (Å²) in [6.07, 6.45) is 0. The highest BCUT2D eigenvalue weighted by Gasteiger charge is 2.16. The summed E-state index contributed by atoms with van der Waals surface area (Å²) in [6.45, 7) is 5.19. The zero-order valence-electron chi connectivity index (χ0n) is 21.5. The maximum Gasteiger partial charge on any atom is 0.310 e. The smallest absolute Gasteiger partial charge is 0.310 e. The van der Waals surface area contributed by atoms with Crippen molar-refractivity contribution < 1.29 is 33.1 Å². The van der Waals surface area contributed by atoms with Gasteiger partial charge in [0.2, 0.25) is 0 Å². The fourth-order valence-corrected chi connectivity index (χ4v) is 3.64. The molecule has 0 saturated heterocycles. The van der Waals surface area contributed by atoms with E-state index in [1.165, 1.54) is 18.2 Å². The normalized spacial score (nSPS) is 10.5. The topological polar surface area (TPSA) is 122 Å². The molecule has 0 fully saturated rings. The molecular formula is C29H28N2O8. The minimum atomic E-state index is -0.523. The lowest BCUT2D eigenvalue weighted by atomic mass is 10.2. The van der Waals surface area contributed by atoms with Crippen molar-refractivity contribution >= 4 is 17.3 Å². The Bertz CT molecular complexity index is 1420. The van der Waals surface area contributed by atoms with Crippen molar-refractivity contribution in [1.29, 1.82) is 0 Å². The molecule has 0 radical (unpaired) electrons. The van der Waals surface area contributed by atoms with Crippen molar-refractivity contribution in [2.24, 2.45) is 0 Å². The second-order valence-corrected chi connectivity index (χ2v) is 8.19. The van der Waals surface area contributed by atoms with Gasteiger partial charge in [0.05, 0.1) is 18.1 Å². The number of rotatable bonds is 13. The summed E-state index contributed by atoms with van der Waals surface area (Å²) in [5.41, 5.74) is 1.34. The molecule has 0 bridgehead atoms. The van der Waals surface area contributed by atoms with Crippen LogP contribution < -0.4 is 24.3 Å². The highest BCUT2D eigenvalue weighted by Crippen LogP contribution is 2.29. The van der Waals surface area contributed by atoms with Gasteiger partial charge in [-0.05, 0) is 74.0 Å². The van der Waals surface area contributed by atoms with Gasteiger partial charge in [-0.25, -0.2) is 0 Å². The van der Waals surface area contributed by atoms with Gasteiger partial charge in [-0.3, -0.25) is 14.9 Å². The minimum absolute atomic E-state index is 0.0649. The number of nitro groups is 1. The summed E-state index contributed by atoms with van der Waals surface area (Å²) in [4.78, 5) is 23.2. The summed E-state index contributed by atoms with van der Waals surface area (Å²) in [6, 6.07) is 21.8. The molecule has 4 rings (SSSR count). The number of benzene rings is 3. The predicted molar refractivity (Wildman–Crippen MR) is 144 cm³/mol. The van der Waals surface area contributed by atoms with Crippen LogP contribution in [-0.4, -0.2) is 24.0 Å². The molecule has 0 aliphatic heterocycles. The van der Waals surface area contributed by atoms with Gasteiger partial charge in [0.15, 0.2) is 23.0 Å². The number of furan rings is 1. The fourth-order valence-electron chi connectivity index (χ4n) is 3.64. The molecule has 0 aliphatic carbocycles. The zero-order chi connectivity index (χ0) is 27.6. The van der Waals surface area contributed by atoms with E-state index in [1.807, 2.05) is 32.0 Å². The first-order valence-electron chi connectivity index (χ1n) is 12.3. The Labute approximate surface area is 225 Å². The number of carbonyl (C=O) groups excluding carboxylic acids is 1. The number of para-hydroxylation sites is 2. The van der Waals surface area contributed by atoms with Gasteiger partial charge in [0.1, 0.15) is 24.7 Å². The molecule has 0 unspecified atom stereocenters. The van der Waals surface area contributed by atoms with Gasteiger partial charge in [0, 0.05) is 11.8 Å². The van der Waals surface area contributed by atoms with Crippen LogP contribution in [0.5, 0.6) is 23.0 Å². The molecule has 3 aromatic carbocycles. The van der Waals surface area contributed by atoms with Crippen LogP contribution >= 0.6 is 0 Å². The summed E-state index contributed by atoms with van der Waals surface area (Å²) in [7, 11) is 0. The highest BCUT2D eigenvalue weighted by molar-refractivity contribution is 6.02. The SMILES string of the molecule is CCOc1ccc(COc2ccc(NC(=O)c3ccc(COc4ccccc4[N+](=O)[O-])o3)cc2)cc1OCC. The molecule has 4 aromatic rings. The molecule has 39 heavy (non-hydrogen) atoms. The first-order valence-corrected chi connectivity index (χ1v) is 12.3. The maximum atomic E-state index is 12.6. The van der Waals surface area contributed by atoms with Gasteiger partial charge in [-0.2, -0.15) is 0 Å². The standard InChI is InChI=1S/C29H28N2O8/c1-3-35-26-15-9-20(17-28(26)36-4-2)18-37-22-12-10-21(11-13-22)30-29(32)27-16-14-23(39-27)19-38-25-8-6-5-7-24(25)31(33)34/h5-17H,3-4,18-19H2,1-2H3,(H,30,32). The lowest BCUT2D eigenvalue weighted by molar-refractivity contribution is -0.386. The summed E-state index contributed by atoms with van der Waals surface area (Å²) >= 11 is 0. The average Bonchev–Trinajstić information content (AvgIpc) is 3.42. The van der Waals surface area contributed by atoms with Gasteiger partial charge < -0.3 is 28.7 Å². The molecule has 1 N–H and O–H groups in total. The van der Waals surface area contributed by atoms with E-state index in [1.54, 1.807) is 42.5 Å². The Balaban J connectivity index is 1.30. The molecule has 10 heteroatoms. The van der Waals surface area contributed by atoms with Crippen LogP contribution in [-0.2, 0) is 13.2 Å². The van der Waals surface area contributed by atoms with Crippen molar-refractivity contribution in [3.63, 3.8) is 0 Å². The maximum absolute atomic E-state index is 12.6. The van der Waals surface area contributed by atoms with Gasteiger partial charge in [-0.15, -0.1) is 0 Å². The summed E-state index contributed by atoms with van der Waals surface area (Å²) < 4.78 is 28.2. The van der Waals surface area contributed by atoms with E-state index in [0.717, 1.165) is 5.56 Å². The third kappa shape index (κ3) is 7.29. The quantitative estimate of drug-likeness (QED) is 0.155. The van der Waals surface area contributed by atoms with E-state index in [2.05, 4.69) is 5.32 Å². The Morgan fingerprint density at radius 2 is 1.56 bits per heavy atom. The lowest BCUT2D eigenvalue weighted by Crippen LogP contribution is -2.10. The lowest BCUT2D eigenvalue weighted by Gasteiger charge is -2.13. The number of amides is 1. The van der Waals surface area contributed by atoms with Crippen molar-refractivity contribution in [3.05, 3.63) is 106 Å². The third-order valence-corrected chi connectivity index (χ3v) is 5.44. The minimum Gasteiger partial charge on any atom is -0.490 e. The van der Waals surface area contributed by atoms with E-state index >= 15 is 0 Å². The molecule has 0 atom stereocenters. The molecule has 10 nitrogen and oxygen atoms in total. The number of anilines is 1. The number of nitrogens with one attached hydrogen (secondary N) is 1. The van der Waals surface area contributed by atoms with Crippen molar-refractivity contribution in [1.82, 2.24) is 0 Å². The molecule has 0 spiro atoms. The molecule has 1 heterocycles. The largest absolute Gasteiger partial charge is 0.490 e. The Hall–Kier alpha value is -4.99. The van der Waals surface area contributed by atoms with E-state index < -0.39 is 10.8 Å². The van der Waals surface area contributed by atoms with Crippen LogP contribution in [0.25, 0.3) is 0 Å². The van der Waals surface area contributed by atoms with E-state index in [4.69, 9.17) is 23.4 Å². The van der Waals surface area contributed by atoms with Crippen LogP contribution in [0.15, 0.2) is 83.3 Å². The van der Waals surface area contributed by atoms with Crippen LogP contribution in [0.1, 0.15) is 35.7 Å². The second-order valence-electron chi connectivity index (χ2n) is 8.19. The van der Waals surface area contributed by atoms with Crippen LogP contribution in [0, 0.1) is 10.1 Å². The number of ether oxygens (including phenoxy) is 4. The molecule has 1 amide bonds. The van der Waals surface area contributed by atoms with E-state index in [0.29, 0.717) is 48.5 Å². The van der Waals surface area contributed by atoms with Gasteiger partial charge in [-0.1, -0.05) is 18.2 Å². The van der Waals surface area contributed by atoms with Crippen molar-refractivity contribution in [2.45, 2.75) is 27.1 Å². The van der Waals surface area contributed by atoms with Crippen LogP contribution in [0.2, 0.25) is 0 Å². The fraction of sp³-hybridized carbons (Fsp3) is 0.207.